The molecular weight excluding hydrogens is 263 g/mol. The summed E-state index contributed by atoms with van der Waals surface area (Å²) in [7, 11) is 0. The lowest BCUT2D eigenvalue weighted by Crippen LogP contribution is -2.24. The summed E-state index contributed by atoms with van der Waals surface area (Å²) in [5.74, 6) is -0.149. The molecule has 0 fully saturated rings. The van der Waals surface area contributed by atoms with Crippen molar-refractivity contribution in [2.75, 3.05) is 4.90 Å². The molecule has 1 heterocycles. The van der Waals surface area contributed by atoms with Crippen LogP contribution in [0.15, 0.2) is 42.5 Å². The Kier molecular flexibility index (Phi) is 3.93. The third-order valence-corrected chi connectivity index (χ3v) is 4.23. The SMILES string of the molecule is CCC(N)Cc1cccc(F)c1N1Cc2ccccc2C1. The van der Waals surface area contributed by atoms with Crippen LogP contribution in [0.4, 0.5) is 10.1 Å². The molecule has 2 aromatic rings. The molecule has 110 valence electrons. The maximum atomic E-state index is 14.4. The van der Waals surface area contributed by atoms with Crippen LogP contribution in [0.25, 0.3) is 0 Å². The van der Waals surface area contributed by atoms with Crippen LogP contribution in [0.1, 0.15) is 30.0 Å². The fraction of sp³-hybridized carbons (Fsp3) is 0.333. The van der Waals surface area contributed by atoms with Crippen molar-refractivity contribution in [2.24, 2.45) is 5.73 Å². The normalized spacial score (nSPS) is 15.1. The van der Waals surface area contributed by atoms with Gasteiger partial charge in [-0.3, -0.25) is 0 Å². The van der Waals surface area contributed by atoms with E-state index in [1.54, 1.807) is 12.1 Å². The number of nitrogens with zero attached hydrogens (tertiary/aromatic N) is 1. The van der Waals surface area contributed by atoms with E-state index < -0.39 is 0 Å². The van der Waals surface area contributed by atoms with Gasteiger partial charge in [0, 0.05) is 19.1 Å². The molecule has 2 nitrogen and oxygen atoms in total. The summed E-state index contributed by atoms with van der Waals surface area (Å²) in [5.41, 5.74) is 10.4. The first-order chi connectivity index (χ1) is 10.2. The van der Waals surface area contributed by atoms with E-state index in [4.69, 9.17) is 5.73 Å². The minimum Gasteiger partial charge on any atom is -0.360 e. The van der Waals surface area contributed by atoms with E-state index in [9.17, 15) is 4.39 Å². The fourth-order valence-corrected chi connectivity index (χ4v) is 3.00. The second-order valence-corrected chi connectivity index (χ2v) is 5.74. The lowest BCUT2D eigenvalue weighted by atomic mass is 10.0. The molecule has 3 heteroatoms. The van der Waals surface area contributed by atoms with Gasteiger partial charge in [0.15, 0.2) is 0 Å². The summed E-state index contributed by atoms with van der Waals surface area (Å²) in [6.07, 6.45) is 1.62. The first-order valence-corrected chi connectivity index (χ1v) is 7.53. The molecule has 0 spiro atoms. The Balaban J connectivity index is 1.92. The van der Waals surface area contributed by atoms with E-state index >= 15 is 0 Å². The number of rotatable bonds is 4. The molecule has 3 rings (SSSR count). The Morgan fingerprint density at radius 2 is 1.76 bits per heavy atom. The minimum absolute atomic E-state index is 0.0792. The van der Waals surface area contributed by atoms with Gasteiger partial charge in [-0.25, -0.2) is 4.39 Å². The Labute approximate surface area is 125 Å². The Morgan fingerprint density at radius 1 is 1.10 bits per heavy atom. The number of nitrogens with two attached hydrogens (primary N) is 1. The number of hydrogen-bond donors (Lipinski definition) is 1. The second-order valence-electron chi connectivity index (χ2n) is 5.74. The number of para-hydroxylation sites is 1. The van der Waals surface area contributed by atoms with Crippen molar-refractivity contribution in [3.8, 4) is 0 Å². The van der Waals surface area contributed by atoms with E-state index in [0.29, 0.717) is 0 Å². The van der Waals surface area contributed by atoms with Crippen molar-refractivity contribution in [2.45, 2.75) is 38.9 Å². The predicted molar refractivity (Wildman–Crippen MR) is 84.7 cm³/mol. The number of hydrogen-bond acceptors (Lipinski definition) is 2. The molecule has 1 atom stereocenters. The highest BCUT2D eigenvalue weighted by molar-refractivity contribution is 5.58. The van der Waals surface area contributed by atoms with Crippen LogP contribution in [0.2, 0.25) is 0 Å². The molecule has 0 bridgehead atoms. The molecule has 0 saturated heterocycles. The van der Waals surface area contributed by atoms with Crippen molar-refractivity contribution in [3.63, 3.8) is 0 Å². The quantitative estimate of drug-likeness (QED) is 0.929. The molecule has 0 saturated carbocycles. The third kappa shape index (κ3) is 2.79. The van der Waals surface area contributed by atoms with E-state index in [-0.39, 0.29) is 11.9 Å². The largest absolute Gasteiger partial charge is 0.360 e. The average Bonchev–Trinajstić information content (AvgIpc) is 2.90. The molecule has 21 heavy (non-hydrogen) atoms. The monoisotopic (exact) mass is 284 g/mol. The van der Waals surface area contributed by atoms with Gasteiger partial charge in [0.25, 0.3) is 0 Å². The number of anilines is 1. The van der Waals surface area contributed by atoms with Gasteiger partial charge in [-0.2, -0.15) is 0 Å². The minimum atomic E-state index is -0.149. The zero-order chi connectivity index (χ0) is 14.8. The summed E-state index contributed by atoms with van der Waals surface area (Å²) in [6, 6.07) is 13.7. The summed E-state index contributed by atoms with van der Waals surface area (Å²) in [5, 5.41) is 0. The topological polar surface area (TPSA) is 29.3 Å². The van der Waals surface area contributed by atoms with E-state index in [2.05, 4.69) is 24.0 Å². The zero-order valence-corrected chi connectivity index (χ0v) is 12.3. The van der Waals surface area contributed by atoms with Gasteiger partial charge < -0.3 is 10.6 Å². The fourth-order valence-electron chi connectivity index (χ4n) is 3.00. The summed E-state index contributed by atoms with van der Waals surface area (Å²) in [6.45, 7) is 3.60. The van der Waals surface area contributed by atoms with Crippen molar-refractivity contribution in [1.82, 2.24) is 0 Å². The molecule has 1 unspecified atom stereocenters. The molecule has 1 aliphatic rings. The molecule has 0 radical (unpaired) electrons. The maximum Gasteiger partial charge on any atom is 0.146 e. The molecule has 0 amide bonds. The highest BCUT2D eigenvalue weighted by atomic mass is 19.1. The van der Waals surface area contributed by atoms with Crippen LogP contribution in [-0.4, -0.2) is 6.04 Å². The highest BCUT2D eigenvalue weighted by Crippen LogP contribution is 2.33. The van der Waals surface area contributed by atoms with Crippen LogP contribution < -0.4 is 10.6 Å². The van der Waals surface area contributed by atoms with E-state index in [1.807, 2.05) is 18.2 Å². The smallest absolute Gasteiger partial charge is 0.146 e. The second kappa shape index (κ2) is 5.86. The first kappa shape index (κ1) is 14.1. The van der Waals surface area contributed by atoms with Crippen molar-refractivity contribution in [1.29, 1.82) is 0 Å². The average molecular weight is 284 g/mol. The lowest BCUT2D eigenvalue weighted by molar-refractivity contribution is 0.606. The maximum absolute atomic E-state index is 14.4. The van der Waals surface area contributed by atoms with Crippen LogP contribution in [0, 0.1) is 5.82 Å². The summed E-state index contributed by atoms with van der Waals surface area (Å²) in [4.78, 5) is 2.12. The van der Waals surface area contributed by atoms with E-state index in [1.165, 1.54) is 11.1 Å². The molecule has 0 aromatic heterocycles. The van der Waals surface area contributed by atoms with Crippen LogP contribution in [-0.2, 0) is 19.5 Å². The summed E-state index contributed by atoms with van der Waals surface area (Å²) < 4.78 is 14.4. The lowest BCUT2D eigenvalue weighted by Gasteiger charge is -2.23. The molecule has 0 aliphatic carbocycles. The predicted octanol–water partition coefficient (Wildman–Crippen LogP) is 3.63. The molecular formula is C18H21FN2. The van der Waals surface area contributed by atoms with Gasteiger partial charge in [0.05, 0.1) is 5.69 Å². The highest BCUT2D eigenvalue weighted by Gasteiger charge is 2.23. The molecule has 2 N–H and O–H groups in total. The van der Waals surface area contributed by atoms with Gasteiger partial charge in [0.1, 0.15) is 5.82 Å². The summed E-state index contributed by atoms with van der Waals surface area (Å²) >= 11 is 0. The van der Waals surface area contributed by atoms with Crippen LogP contribution in [0.5, 0.6) is 0 Å². The van der Waals surface area contributed by atoms with Gasteiger partial charge in [0.2, 0.25) is 0 Å². The number of benzene rings is 2. The molecule has 2 aromatic carbocycles. The van der Waals surface area contributed by atoms with Crippen LogP contribution >= 0.6 is 0 Å². The Morgan fingerprint density at radius 3 is 2.38 bits per heavy atom. The number of halogens is 1. The number of fused-ring (bicyclic) bond motifs is 1. The van der Waals surface area contributed by atoms with Crippen LogP contribution in [0.3, 0.4) is 0 Å². The Hall–Kier alpha value is -1.87. The zero-order valence-electron chi connectivity index (χ0n) is 12.3. The standard InChI is InChI=1S/C18H21FN2/c1-2-16(20)10-13-8-5-9-17(19)18(13)21-11-14-6-3-4-7-15(14)12-21/h3-9,16H,2,10-12,20H2,1H3. The van der Waals surface area contributed by atoms with Gasteiger partial charge in [-0.05, 0) is 35.6 Å². The third-order valence-electron chi connectivity index (χ3n) is 4.23. The van der Waals surface area contributed by atoms with Crippen molar-refractivity contribution < 1.29 is 4.39 Å². The molecule has 1 aliphatic heterocycles. The van der Waals surface area contributed by atoms with Gasteiger partial charge in [-0.15, -0.1) is 0 Å². The van der Waals surface area contributed by atoms with E-state index in [0.717, 1.165) is 37.2 Å². The van der Waals surface area contributed by atoms with Crippen molar-refractivity contribution in [3.05, 3.63) is 65.0 Å². The van der Waals surface area contributed by atoms with Gasteiger partial charge in [-0.1, -0.05) is 43.3 Å². The van der Waals surface area contributed by atoms with Gasteiger partial charge >= 0.3 is 0 Å². The first-order valence-electron chi connectivity index (χ1n) is 7.53. The van der Waals surface area contributed by atoms with Crippen molar-refractivity contribution >= 4 is 5.69 Å². The Bertz CT molecular complexity index is 614.